The summed E-state index contributed by atoms with van der Waals surface area (Å²) >= 11 is 0. The highest BCUT2D eigenvalue weighted by molar-refractivity contribution is 5.94. The average Bonchev–Trinajstić information content (AvgIpc) is 2.63. The molecule has 1 fully saturated rings. The smallest absolute Gasteiger partial charge is 0.259 e. The number of rotatable bonds is 4. The molecule has 1 amide bonds. The lowest BCUT2D eigenvalue weighted by Gasteiger charge is -2.32. The monoisotopic (exact) mass is 341 g/mol. The molecule has 0 aliphatic carbocycles. The zero-order valence-corrected chi connectivity index (χ0v) is 14.6. The third-order valence-electron chi connectivity index (χ3n) is 4.57. The largest absolute Gasteiger partial charge is 0.370 e. The molecule has 1 saturated heterocycles. The van der Waals surface area contributed by atoms with Crippen molar-refractivity contribution >= 4 is 5.91 Å². The molecule has 0 N–H and O–H groups in total. The summed E-state index contributed by atoms with van der Waals surface area (Å²) in [6.07, 6.45) is 5.10. The van der Waals surface area contributed by atoms with Gasteiger partial charge in [0, 0.05) is 44.3 Å². The molecule has 1 atom stereocenters. The number of aryl methyl sites for hydroxylation is 2. The van der Waals surface area contributed by atoms with Gasteiger partial charge in [0.1, 0.15) is 5.56 Å². The van der Waals surface area contributed by atoms with Crippen LogP contribution in [0, 0.1) is 6.92 Å². The number of carbonyl (C=O) groups excluding carboxylic acids is 1. The molecule has 0 aromatic carbocycles. The highest BCUT2D eigenvalue weighted by Gasteiger charge is 2.26. The number of amides is 1. The summed E-state index contributed by atoms with van der Waals surface area (Å²) in [4.78, 5) is 30.9. The standard InChI is InChI=1S/C19H23N3O3/c1-14-10-18(23)17(12-21(14)2)19(24)22-9-5-7-16(11-22)25-13-15-6-3-4-8-20-15/h3-4,6,8,10,12,16H,5,7,9,11,13H2,1-2H3. The summed E-state index contributed by atoms with van der Waals surface area (Å²) in [6.45, 7) is 3.43. The summed E-state index contributed by atoms with van der Waals surface area (Å²) in [5.74, 6) is -0.216. The van der Waals surface area contributed by atoms with Crippen molar-refractivity contribution in [1.82, 2.24) is 14.5 Å². The SMILES string of the molecule is Cc1cc(=O)c(C(=O)N2CCCC(OCc3ccccn3)C2)cn1C. The Morgan fingerprint density at radius 1 is 1.40 bits per heavy atom. The van der Waals surface area contributed by atoms with E-state index in [1.807, 2.05) is 32.2 Å². The molecule has 1 aliphatic rings. The maximum Gasteiger partial charge on any atom is 0.259 e. The Balaban J connectivity index is 1.66. The maximum atomic E-state index is 12.7. The number of nitrogens with zero attached hydrogens (tertiary/aromatic N) is 3. The molecule has 3 heterocycles. The van der Waals surface area contributed by atoms with Crippen LogP contribution in [0.25, 0.3) is 0 Å². The Kier molecular flexibility index (Phi) is 5.28. The van der Waals surface area contributed by atoms with E-state index in [1.54, 1.807) is 21.9 Å². The van der Waals surface area contributed by atoms with Crippen molar-refractivity contribution < 1.29 is 9.53 Å². The van der Waals surface area contributed by atoms with Crippen molar-refractivity contribution in [3.05, 3.63) is 63.8 Å². The quantitative estimate of drug-likeness (QED) is 0.852. The van der Waals surface area contributed by atoms with E-state index in [4.69, 9.17) is 4.74 Å². The number of pyridine rings is 2. The lowest BCUT2D eigenvalue weighted by molar-refractivity contribution is -0.00791. The Morgan fingerprint density at radius 3 is 3.00 bits per heavy atom. The van der Waals surface area contributed by atoms with Gasteiger partial charge in [-0.15, -0.1) is 0 Å². The Morgan fingerprint density at radius 2 is 2.24 bits per heavy atom. The van der Waals surface area contributed by atoms with Gasteiger partial charge in [-0.05, 0) is 31.9 Å². The molecule has 6 heteroatoms. The van der Waals surface area contributed by atoms with Crippen LogP contribution in [0.15, 0.2) is 41.5 Å². The van der Waals surface area contributed by atoms with Gasteiger partial charge in [-0.25, -0.2) is 0 Å². The highest BCUT2D eigenvalue weighted by Crippen LogP contribution is 2.16. The number of aromatic nitrogens is 2. The van der Waals surface area contributed by atoms with Crippen LogP contribution in [-0.2, 0) is 18.4 Å². The number of hydrogen-bond acceptors (Lipinski definition) is 4. The van der Waals surface area contributed by atoms with Gasteiger partial charge in [0.25, 0.3) is 5.91 Å². The van der Waals surface area contributed by atoms with Crippen LogP contribution in [-0.4, -0.2) is 39.6 Å². The average molecular weight is 341 g/mol. The first-order chi connectivity index (χ1) is 12.0. The third-order valence-corrected chi connectivity index (χ3v) is 4.57. The van der Waals surface area contributed by atoms with E-state index in [0.717, 1.165) is 24.2 Å². The number of likely N-dealkylation sites (tertiary alicyclic amines) is 1. The van der Waals surface area contributed by atoms with Crippen LogP contribution in [0.2, 0.25) is 0 Å². The first kappa shape index (κ1) is 17.4. The lowest BCUT2D eigenvalue weighted by atomic mass is 10.1. The Labute approximate surface area is 147 Å². The van der Waals surface area contributed by atoms with E-state index in [1.165, 1.54) is 6.07 Å². The van der Waals surface area contributed by atoms with Gasteiger partial charge in [0.15, 0.2) is 5.43 Å². The minimum atomic E-state index is -0.225. The second-order valence-corrected chi connectivity index (χ2v) is 6.45. The second-order valence-electron chi connectivity index (χ2n) is 6.45. The summed E-state index contributed by atoms with van der Waals surface area (Å²) in [6, 6.07) is 7.22. The summed E-state index contributed by atoms with van der Waals surface area (Å²) in [5.41, 5.74) is 1.70. The fraction of sp³-hybridized carbons (Fsp3) is 0.421. The van der Waals surface area contributed by atoms with Crippen LogP contribution in [0.1, 0.15) is 34.6 Å². The molecular formula is C19H23N3O3. The van der Waals surface area contributed by atoms with Crippen LogP contribution in [0.3, 0.4) is 0 Å². The number of ether oxygens (including phenoxy) is 1. The van der Waals surface area contributed by atoms with Crippen molar-refractivity contribution in [1.29, 1.82) is 0 Å². The van der Waals surface area contributed by atoms with Crippen molar-refractivity contribution in [3.8, 4) is 0 Å². The molecule has 0 bridgehead atoms. The van der Waals surface area contributed by atoms with Gasteiger partial charge >= 0.3 is 0 Å². The summed E-state index contributed by atoms with van der Waals surface area (Å²) < 4.78 is 7.72. The Hall–Kier alpha value is -2.47. The molecular weight excluding hydrogens is 318 g/mol. The molecule has 6 nitrogen and oxygen atoms in total. The van der Waals surface area contributed by atoms with E-state index < -0.39 is 0 Å². The zero-order valence-electron chi connectivity index (χ0n) is 14.6. The van der Waals surface area contributed by atoms with E-state index in [-0.39, 0.29) is 23.0 Å². The maximum absolute atomic E-state index is 12.7. The first-order valence-corrected chi connectivity index (χ1v) is 8.52. The normalized spacial score (nSPS) is 17.5. The highest BCUT2D eigenvalue weighted by atomic mass is 16.5. The van der Waals surface area contributed by atoms with Crippen molar-refractivity contribution in [3.63, 3.8) is 0 Å². The number of hydrogen-bond donors (Lipinski definition) is 0. The molecule has 0 saturated carbocycles. The fourth-order valence-corrected chi connectivity index (χ4v) is 3.00. The van der Waals surface area contributed by atoms with E-state index in [2.05, 4.69) is 4.98 Å². The van der Waals surface area contributed by atoms with Gasteiger partial charge in [-0.1, -0.05) is 6.07 Å². The van der Waals surface area contributed by atoms with Gasteiger partial charge in [-0.2, -0.15) is 0 Å². The van der Waals surface area contributed by atoms with Crippen molar-refractivity contribution in [2.24, 2.45) is 7.05 Å². The van der Waals surface area contributed by atoms with Crippen LogP contribution in [0.4, 0.5) is 0 Å². The number of carbonyl (C=O) groups is 1. The fourth-order valence-electron chi connectivity index (χ4n) is 3.00. The molecule has 0 spiro atoms. The van der Waals surface area contributed by atoms with Gasteiger partial charge in [0.2, 0.25) is 0 Å². The van der Waals surface area contributed by atoms with E-state index in [0.29, 0.717) is 19.7 Å². The predicted octanol–water partition coefficient (Wildman–Crippen LogP) is 1.91. The molecule has 1 unspecified atom stereocenters. The minimum Gasteiger partial charge on any atom is -0.370 e. The molecule has 25 heavy (non-hydrogen) atoms. The van der Waals surface area contributed by atoms with Crippen LogP contribution in [0.5, 0.6) is 0 Å². The Bertz CT molecular complexity index is 801. The molecule has 2 aromatic heterocycles. The second kappa shape index (κ2) is 7.61. The van der Waals surface area contributed by atoms with Gasteiger partial charge < -0.3 is 14.2 Å². The van der Waals surface area contributed by atoms with Crippen LogP contribution >= 0.6 is 0 Å². The van der Waals surface area contributed by atoms with Crippen LogP contribution < -0.4 is 5.43 Å². The third kappa shape index (κ3) is 4.14. The number of piperidine rings is 1. The molecule has 1 aliphatic heterocycles. The molecule has 3 rings (SSSR count). The van der Waals surface area contributed by atoms with Gasteiger partial charge in [0.05, 0.1) is 18.4 Å². The van der Waals surface area contributed by atoms with Crippen molar-refractivity contribution in [2.75, 3.05) is 13.1 Å². The minimum absolute atomic E-state index is 0.0333. The van der Waals surface area contributed by atoms with E-state index in [9.17, 15) is 9.59 Å². The summed E-state index contributed by atoms with van der Waals surface area (Å²) in [5, 5.41) is 0. The summed E-state index contributed by atoms with van der Waals surface area (Å²) in [7, 11) is 1.83. The first-order valence-electron chi connectivity index (χ1n) is 8.52. The van der Waals surface area contributed by atoms with Gasteiger partial charge in [-0.3, -0.25) is 14.6 Å². The molecule has 132 valence electrons. The van der Waals surface area contributed by atoms with Crippen molar-refractivity contribution in [2.45, 2.75) is 32.5 Å². The topological polar surface area (TPSA) is 64.4 Å². The zero-order chi connectivity index (χ0) is 17.8. The molecule has 2 aromatic rings. The molecule has 0 radical (unpaired) electrons. The van der Waals surface area contributed by atoms with E-state index >= 15 is 0 Å². The lowest BCUT2D eigenvalue weighted by Crippen LogP contribution is -2.44. The predicted molar refractivity (Wildman–Crippen MR) is 94.4 cm³/mol.